The third-order valence-corrected chi connectivity index (χ3v) is 2.62. The summed E-state index contributed by atoms with van der Waals surface area (Å²) in [6.45, 7) is 2.15. The van der Waals surface area contributed by atoms with E-state index >= 15 is 0 Å². The van der Waals surface area contributed by atoms with Gasteiger partial charge in [0.05, 0.1) is 0 Å². The van der Waals surface area contributed by atoms with Crippen molar-refractivity contribution in [1.82, 2.24) is 0 Å². The minimum atomic E-state index is 0.158. The predicted octanol–water partition coefficient (Wildman–Crippen LogP) is 1.23. The van der Waals surface area contributed by atoms with Crippen LogP contribution in [0.15, 0.2) is 0 Å². The lowest BCUT2D eigenvalue weighted by molar-refractivity contribution is 0.435. The first-order valence-corrected chi connectivity index (χ1v) is 4.23. The average Bonchev–Trinajstić information content (AvgIpc) is 1.65. The second kappa shape index (κ2) is 2.28. The van der Waals surface area contributed by atoms with Gasteiger partial charge in [0.2, 0.25) is 0 Å². The Morgan fingerprint density at radius 1 is 1.38 bits per heavy atom. The van der Waals surface area contributed by atoms with Gasteiger partial charge in [0.15, 0.2) is 0 Å². The number of rotatable bonds is 0. The highest BCUT2D eigenvalue weighted by molar-refractivity contribution is 7.99. The SMILES string of the molecule is CC1(N)CCSCC1. The molecule has 0 amide bonds. The Kier molecular flexibility index (Phi) is 1.83. The molecule has 0 bridgehead atoms. The maximum atomic E-state index is 5.86. The van der Waals surface area contributed by atoms with Gasteiger partial charge in [-0.2, -0.15) is 11.8 Å². The zero-order chi connectivity index (χ0) is 6.04. The van der Waals surface area contributed by atoms with E-state index in [1.54, 1.807) is 0 Å². The number of thioether (sulfide) groups is 1. The quantitative estimate of drug-likeness (QED) is 0.535. The zero-order valence-corrected chi connectivity index (χ0v) is 6.13. The standard InChI is InChI=1S/C6H13NS/c1-6(7)2-4-8-5-3-6/h2-5,7H2,1H3. The lowest BCUT2D eigenvalue weighted by Gasteiger charge is -2.28. The van der Waals surface area contributed by atoms with Crippen LogP contribution in [0.2, 0.25) is 0 Å². The molecule has 0 unspecified atom stereocenters. The molecule has 0 spiro atoms. The Labute approximate surface area is 55.0 Å². The summed E-state index contributed by atoms with van der Waals surface area (Å²) in [5, 5.41) is 0. The molecule has 48 valence electrons. The fraction of sp³-hybridized carbons (Fsp3) is 1.00. The van der Waals surface area contributed by atoms with Gasteiger partial charge in [-0.25, -0.2) is 0 Å². The fourth-order valence-electron chi connectivity index (χ4n) is 0.838. The van der Waals surface area contributed by atoms with E-state index in [0.29, 0.717) is 0 Å². The summed E-state index contributed by atoms with van der Waals surface area (Å²) in [5.41, 5.74) is 6.02. The first-order chi connectivity index (χ1) is 3.71. The van der Waals surface area contributed by atoms with E-state index in [1.165, 1.54) is 24.3 Å². The summed E-state index contributed by atoms with van der Waals surface area (Å²) in [6, 6.07) is 0. The monoisotopic (exact) mass is 131 g/mol. The Morgan fingerprint density at radius 2 is 1.88 bits per heavy atom. The lowest BCUT2D eigenvalue weighted by atomic mass is 9.97. The second-order valence-corrected chi connectivity index (χ2v) is 3.99. The van der Waals surface area contributed by atoms with E-state index in [-0.39, 0.29) is 5.54 Å². The maximum absolute atomic E-state index is 5.86. The molecular formula is C6H13NS. The smallest absolute Gasteiger partial charge is 0.0141 e. The van der Waals surface area contributed by atoms with Crippen molar-refractivity contribution < 1.29 is 0 Å². The Morgan fingerprint density at radius 3 is 2.12 bits per heavy atom. The van der Waals surface area contributed by atoms with Gasteiger partial charge in [-0.05, 0) is 31.3 Å². The molecule has 0 saturated carbocycles. The van der Waals surface area contributed by atoms with Gasteiger partial charge in [-0.3, -0.25) is 0 Å². The summed E-state index contributed by atoms with van der Waals surface area (Å²) in [4.78, 5) is 0. The van der Waals surface area contributed by atoms with Crippen molar-refractivity contribution in [3.05, 3.63) is 0 Å². The van der Waals surface area contributed by atoms with Crippen molar-refractivity contribution in [1.29, 1.82) is 0 Å². The minimum Gasteiger partial charge on any atom is -0.325 e. The van der Waals surface area contributed by atoms with E-state index in [1.807, 2.05) is 11.8 Å². The van der Waals surface area contributed by atoms with Crippen molar-refractivity contribution in [2.24, 2.45) is 5.73 Å². The van der Waals surface area contributed by atoms with Crippen molar-refractivity contribution in [3.8, 4) is 0 Å². The van der Waals surface area contributed by atoms with Gasteiger partial charge in [-0.15, -0.1) is 0 Å². The van der Waals surface area contributed by atoms with E-state index in [4.69, 9.17) is 5.73 Å². The maximum Gasteiger partial charge on any atom is 0.0141 e. The van der Waals surface area contributed by atoms with Crippen molar-refractivity contribution in [2.45, 2.75) is 25.3 Å². The van der Waals surface area contributed by atoms with Gasteiger partial charge in [0.25, 0.3) is 0 Å². The molecule has 1 fully saturated rings. The van der Waals surface area contributed by atoms with Crippen LogP contribution in [0.3, 0.4) is 0 Å². The second-order valence-electron chi connectivity index (χ2n) is 2.77. The molecule has 1 rings (SSSR count). The third kappa shape index (κ3) is 1.67. The molecule has 0 aromatic heterocycles. The number of nitrogens with two attached hydrogens (primary N) is 1. The van der Waals surface area contributed by atoms with E-state index in [2.05, 4.69) is 6.92 Å². The molecule has 1 heterocycles. The van der Waals surface area contributed by atoms with E-state index in [0.717, 1.165) is 0 Å². The Balaban J connectivity index is 2.33. The van der Waals surface area contributed by atoms with Gasteiger partial charge in [0.1, 0.15) is 0 Å². The van der Waals surface area contributed by atoms with Gasteiger partial charge >= 0.3 is 0 Å². The molecule has 1 aliphatic rings. The highest BCUT2D eigenvalue weighted by Crippen LogP contribution is 2.23. The normalized spacial score (nSPS) is 27.8. The largest absolute Gasteiger partial charge is 0.325 e. The molecule has 0 radical (unpaired) electrons. The molecule has 0 aromatic rings. The van der Waals surface area contributed by atoms with Crippen LogP contribution >= 0.6 is 11.8 Å². The summed E-state index contributed by atoms with van der Waals surface area (Å²) in [5.74, 6) is 2.51. The van der Waals surface area contributed by atoms with Crippen LogP contribution in [0, 0.1) is 0 Å². The van der Waals surface area contributed by atoms with E-state index in [9.17, 15) is 0 Å². The summed E-state index contributed by atoms with van der Waals surface area (Å²) >= 11 is 2.02. The predicted molar refractivity (Wildman–Crippen MR) is 39.2 cm³/mol. The van der Waals surface area contributed by atoms with Crippen LogP contribution in [-0.2, 0) is 0 Å². The van der Waals surface area contributed by atoms with Crippen LogP contribution < -0.4 is 5.73 Å². The molecular weight excluding hydrogens is 118 g/mol. The van der Waals surface area contributed by atoms with Gasteiger partial charge in [-0.1, -0.05) is 0 Å². The molecule has 0 aliphatic carbocycles. The van der Waals surface area contributed by atoms with Crippen LogP contribution in [0.1, 0.15) is 19.8 Å². The summed E-state index contributed by atoms with van der Waals surface area (Å²) in [7, 11) is 0. The van der Waals surface area contributed by atoms with Crippen molar-refractivity contribution in [3.63, 3.8) is 0 Å². The first-order valence-electron chi connectivity index (χ1n) is 3.07. The molecule has 1 aliphatic heterocycles. The third-order valence-electron chi connectivity index (χ3n) is 1.64. The van der Waals surface area contributed by atoms with Crippen LogP contribution in [0.4, 0.5) is 0 Å². The van der Waals surface area contributed by atoms with Crippen LogP contribution in [-0.4, -0.2) is 17.0 Å². The molecule has 0 atom stereocenters. The summed E-state index contributed by atoms with van der Waals surface area (Å²) in [6.07, 6.45) is 2.38. The van der Waals surface area contributed by atoms with Gasteiger partial charge < -0.3 is 5.73 Å². The lowest BCUT2D eigenvalue weighted by Crippen LogP contribution is -2.39. The topological polar surface area (TPSA) is 26.0 Å². The zero-order valence-electron chi connectivity index (χ0n) is 5.31. The molecule has 8 heavy (non-hydrogen) atoms. The van der Waals surface area contributed by atoms with Crippen LogP contribution in [0.25, 0.3) is 0 Å². The van der Waals surface area contributed by atoms with Gasteiger partial charge in [0, 0.05) is 5.54 Å². The fourth-order valence-corrected chi connectivity index (χ4v) is 2.26. The summed E-state index contributed by atoms with van der Waals surface area (Å²) < 4.78 is 0. The molecule has 1 saturated heterocycles. The van der Waals surface area contributed by atoms with Crippen molar-refractivity contribution in [2.75, 3.05) is 11.5 Å². The first kappa shape index (κ1) is 6.43. The molecule has 1 nitrogen and oxygen atoms in total. The average molecular weight is 131 g/mol. The highest BCUT2D eigenvalue weighted by Gasteiger charge is 2.20. The van der Waals surface area contributed by atoms with E-state index < -0.39 is 0 Å². The molecule has 2 N–H and O–H groups in total. The Hall–Kier alpha value is 0.310. The molecule has 0 aromatic carbocycles. The minimum absolute atomic E-state index is 0.158. The highest BCUT2D eigenvalue weighted by atomic mass is 32.2. The molecule has 2 heteroatoms. The van der Waals surface area contributed by atoms with Crippen LogP contribution in [0.5, 0.6) is 0 Å². The Bertz CT molecular complexity index is 72.6. The number of hydrogen-bond donors (Lipinski definition) is 1. The number of hydrogen-bond acceptors (Lipinski definition) is 2. The van der Waals surface area contributed by atoms with Crippen molar-refractivity contribution >= 4 is 11.8 Å².